The number of hydrogen-bond donors (Lipinski definition) is 2. The van der Waals surface area contributed by atoms with E-state index in [0.29, 0.717) is 18.0 Å². The highest BCUT2D eigenvalue weighted by atomic mass is 35.5. The molecule has 3 aliphatic rings. The van der Waals surface area contributed by atoms with E-state index < -0.39 is 17.8 Å². The Morgan fingerprint density at radius 2 is 1.87 bits per heavy atom. The van der Waals surface area contributed by atoms with Gasteiger partial charge in [-0.05, 0) is 48.8 Å². The number of allylic oxidation sites excluding steroid dienone is 2. The molecule has 23 heavy (non-hydrogen) atoms. The average molecular weight is 334 g/mol. The standard InChI is InChI=1S/C18H20ClNO3/c19-14-3-1-2-11(10-14)8-9-20-17(21)15-12-4-6-13(7-5-12)16(15)18(22)23/h1-4,6,10,12-13,15-16H,5,7-9H2,(H,20,21)(H,22,23)/t12-,13+,15-,16-/m0/s1. The van der Waals surface area contributed by atoms with Crippen LogP contribution in [0.2, 0.25) is 5.02 Å². The quantitative estimate of drug-likeness (QED) is 0.814. The molecule has 0 aliphatic heterocycles. The molecule has 0 saturated heterocycles. The second kappa shape index (κ2) is 6.75. The molecule has 5 heteroatoms. The number of aliphatic carboxylic acids is 1. The maximum Gasteiger partial charge on any atom is 0.307 e. The van der Waals surface area contributed by atoms with Crippen molar-refractivity contribution in [3.8, 4) is 0 Å². The van der Waals surface area contributed by atoms with Crippen LogP contribution in [0.4, 0.5) is 0 Å². The van der Waals surface area contributed by atoms with Crippen molar-refractivity contribution in [3.63, 3.8) is 0 Å². The van der Waals surface area contributed by atoms with Crippen molar-refractivity contribution in [2.75, 3.05) is 6.54 Å². The smallest absolute Gasteiger partial charge is 0.307 e. The fourth-order valence-corrected chi connectivity index (χ4v) is 4.04. The molecule has 0 heterocycles. The fraction of sp³-hybridized carbons (Fsp3) is 0.444. The molecule has 0 aromatic heterocycles. The molecule has 3 aliphatic carbocycles. The van der Waals surface area contributed by atoms with Gasteiger partial charge in [0.25, 0.3) is 0 Å². The number of halogens is 1. The van der Waals surface area contributed by atoms with Gasteiger partial charge in [0.1, 0.15) is 0 Å². The lowest BCUT2D eigenvalue weighted by Gasteiger charge is -2.41. The first kappa shape index (κ1) is 16.1. The third kappa shape index (κ3) is 3.42. The van der Waals surface area contributed by atoms with Gasteiger partial charge in [0.05, 0.1) is 11.8 Å². The van der Waals surface area contributed by atoms with Gasteiger partial charge in [-0.25, -0.2) is 0 Å². The lowest BCUT2D eigenvalue weighted by Crippen LogP contribution is -2.49. The normalized spacial score (nSPS) is 28.6. The third-order valence-corrected chi connectivity index (χ3v) is 5.17. The highest BCUT2D eigenvalue weighted by Gasteiger charge is 2.47. The highest BCUT2D eigenvalue weighted by molar-refractivity contribution is 6.30. The van der Waals surface area contributed by atoms with Crippen LogP contribution in [0.1, 0.15) is 18.4 Å². The summed E-state index contributed by atoms with van der Waals surface area (Å²) in [5, 5.41) is 13.1. The Morgan fingerprint density at radius 3 is 2.48 bits per heavy atom. The fourth-order valence-electron chi connectivity index (χ4n) is 3.83. The number of carbonyl (C=O) groups is 2. The van der Waals surface area contributed by atoms with Gasteiger partial charge in [0.2, 0.25) is 5.91 Å². The van der Waals surface area contributed by atoms with Crippen LogP contribution < -0.4 is 5.32 Å². The molecule has 1 aromatic rings. The SMILES string of the molecule is O=C(O)[C@@H]1[C@@H](C(=O)NCCc2cccc(Cl)c2)[C@H]2C=C[C@@H]1CC2. The van der Waals surface area contributed by atoms with E-state index in [9.17, 15) is 14.7 Å². The third-order valence-electron chi connectivity index (χ3n) is 4.94. The number of amides is 1. The first-order valence-corrected chi connectivity index (χ1v) is 8.37. The van der Waals surface area contributed by atoms with E-state index in [1.807, 2.05) is 36.4 Å². The molecule has 0 unspecified atom stereocenters. The Labute approximate surface area is 140 Å². The van der Waals surface area contributed by atoms with Crippen LogP contribution in [0.15, 0.2) is 36.4 Å². The van der Waals surface area contributed by atoms with Crippen molar-refractivity contribution in [1.82, 2.24) is 5.32 Å². The van der Waals surface area contributed by atoms with Crippen molar-refractivity contribution < 1.29 is 14.7 Å². The summed E-state index contributed by atoms with van der Waals surface area (Å²) in [5.74, 6) is -2.01. The van der Waals surface area contributed by atoms with Gasteiger partial charge in [-0.15, -0.1) is 0 Å². The summed E-state index contributed by atoms with van der Waals surface area (Å²) in [7, 11) is 0. The molecule has 4 rings (SSSR count). The number of rotatable bonds is 5. The van der Waals surface area contributed by atoms with Crippen molar-refractivity contribution in [2.45, 2.75) is 19.3 Å². The maximum atomic E-state index is 12.5. The summed E-state index contributed by atoms with van der Waals surface area (Å²) in [4.78, 5) is 24.1. The van der Waals surface area contributed by atoms with Gasteiger partial charge >= 0.3 is 5.97 Å². The number of benzene rings is 1. The van der Waals surface area contributed by atoms with E-state index >= 15 is 0 Å². The summed E-state index contributed by atoms with van der Waals surface area (Å²) in [5.41, 5.74) is 1.05. The number of hydrogen-bond acceptors (Lipinski definition) is 2. The Morgan fingerprint density at radius 1 is 1.17 bits per heavy atom. The van der Waals surface area contributed by atoms with E-state index in [4.69, 9.17) is 11.6 Å². The second-order valence-corrected chi connectivity index (χ2v) is 6.79. The highest BCUT2D eigenvalue weighted by Crippen LogP contribution is 2.45. The number of carboxylic acid groups (broad SMARTS) is 1. The topological polar surface area (TPSA) is 66.4 Å². The molecule has 1 aromatic carbocycles. The molecular formula is C18H20ClNO3. The first-order chi connectivity index (χ1) is 11.1. The average Bonchev–Trinajstić information content (AvgIpc) is 2.55. The van der Waals surface area contributed by atoms with Crippen LogP contribution in [0.25, 0.3) is 0 Å². The maximum absolute atomic E-state index is 12.5. The molecule has 0 radical (unpaired) electrons. The van der Waals surface area contributed by atoms with E-state index in [1.165, 1.54) is 0 Å². The molecule has 2 N–H and O–H groups in total. The van der Waals surface area contributed by atoms with Gasteiger partial charge < -0.3 is 10.4 Å². The summed E-state index contributed by atoms with van der Waals surface area (Å²) < 4.78 is 0. The number of carbonyl (C=O) groups excluding carboxylic acids is 1. The molecule has 122 valence electrons. The van der Waals surface area contributed by atoms with Gasteiger partial charge in [-0.2, -0.15) is 0 Å². The van der Waals surface area contributed by atoms with Crippen LogP contribution in [0.3, 0.4) is 0 Å². The van der Waals surface area contributed by atoms with Crippen LogP contribution in [-0.2, 0) is 16.0 Å². The second-order valence-electron chi connectivity index (χ2n) is 6.35. The summed E-state index contributed by atoms with van der Waals surface area (Å²) >= 11 is 5.94. The van der Waals surface area contributed by atoms with Crippen LogP contribution in [0.5, 0.6) is 0 Å². The van der Waals surface area contributed by atoms with Crippen molar-refractivity contribution in [1.29, 1.82) is 0 Å². The Kier molecular flexibility index (Phi) is 4.71. The predicted molar refractivity (Wildman–Crippen MR) is 88.1 cm³/mol. The summed E-state index contributed by atoms with van der Waals surface area (Å²) in [6.07, 6.45) is 6.44. The monoisotopic (exact) mass is 333 g/mol. The summed E-state index contributed by atoms with van der Waals surface area (Å²) in [6, 6.07) is 7.53. The Balaban J connectivity index is 1.61. The molecule has 1 amide bonds. The first-order valence-electron chi connectivity index (χ1n) is 7.99. The zero-order chi connectivity index (χ0) is 16.4. The van der Waals surface area contributed by atoms with E-state index in [2.05, 4.69) is 5.32 Å². The molecule has 4 nitrogen and oxygen atoms in total. The molecule has 4 atom stereocenters. The lowest BCUT2D eigenvalue weighted by atomic mass is 9.62. The van der Waals surface area contributed by atoms with E-state index in [-0.39, 0.29) is 17.7 Å². The van der Waals surface area contributed by atoms with E-state index in [0.717, 1.165) is 18.4 Å². The van der Waals surface area contributed by atoms with Crippen LogP contribution in [-0.4, -0.2) is 23.5 Å². The molecular weight excluding hydrogens is 314 g/mol. The number of fused-ring (bicyclic) bond motifs is 2. The van der Waals surface area contributed by atoms with Crippen molar-refractivity contribution in [3.05, 3.63) is 47.0 Å². The Hall–Kier alpha value is -1.81. The van der Waals surface area contributed by atoms with E-state index in [1.54, 1.807) is 0 Å². The Bertz CT molecular complexity index is 643. The van der Waals surface area contributed by atoms with Gasteiger partial charge in [0, 0.05) is 11.6 Å². The minimum atomic E-state index is -0.862. The van der Waals surface area contributed by atoms with Gasteiger partial charge in [-0.1, -0.05) is 35.9 Å². The molecule has 0 spiro atoms. The zero-order valence-electron chi connectivity index (χ0n) is 12.7. The predicted octanol–water partition coefficient (Wildman–Crippen LogP) is 2.91. The van der Waals surface area contributed by atoms with Crippen molar-refractivity contribution >= 4 is 23.5 Å². The van der Waals surface area contributed by atoms with Crippen molar-refractivity contribution in [2.24, 2.45) is 23.7 Å². The molecule has 1 fully saturated rings. The molecule has 2 bridgehead atoms. The van der Waals surface area contributed by atoms with Gasteiger partial charge in [0.15, 0.2) is 0 Å². The molecule has 1 saturated carbocycles. The summed E-state index contributed by atoms with van der Waals surface area (Å²) in [6.45, 7) is 0.489. The van der Waals surface area contributed by atoms with Crippen LogP contribution in [0, 0.1) is 23.7 Å². The zero-order valence-corrected chi connectivity index (χ0v) is 13.5. The van der Waals surface area contributed by atoms with Crippen LogP contribution >= 0.6 is 11.6 Å². The van der Waals surface area contributed by atoms with Gasteiger partial charge in [-0.3, -0.25) is 9.59 Å². The number of nitrogens with one attached hydrogen (secondary N) is 1. The lowest BCUT2D eigenvalue weighted by molar-refractivity contribution is -0.152. The largest absolute Gasteiger partial charge is 0.481 e. The minimum Gasteiger partial charge on any atom is -0.481 e. The number of carboxylic acids is 1. The minimum absolute atomic E-state index is 0.0128.